The van der Waals surface area contributed by atoms with Gasteiger partial charge in [0.2, 0.25) is 10.0 Å². The molecule has 1 saturated heterocycles. The molecule has 1 spiro atoms. The number of rotatable bonds is 3. The first-order chi connectivity index (χ1) is 10.8. The predicted molar refractivity (Wildman–Crippen MR) is 80.3 cm³/mol. The molecule has 126 valence electrons. The van der Waals surface area contributed by atoms with Crippen LogP contribution in [0.1, 0.15) is 19.8 Å². The second-order valence-corrected chi connectivity index (χ2v) is 7.56. The molecule has 1 aromatic carbocycles. The van der Waals surface area contributed by atoms with Crippen molar-refractivity contribution in [3.8, 4) is 0 Å². The van der Waals surface area contributed by atoms with Crippen molar-refractivity contribution in [3.05, 3.63) is 41.5 Å². The fraction of sp³-hybridized carbons (Fsp3) is 0.467. The Balaban J connectivity index is 1.83. The van der Waals surface area contributed by atoms with E-state index in [4.69, 9.17) is 9.47 Å². The lowest BCUT2D eigenvalue weighted by Crippen LogP contribution is -2.39. The number of hydrogen-bond donors (Lipinski definition) is 1. The minimum absolute atomic E-state index is 0.271. The SMILES string of the molecule is CC1=CC2(CCC1S(=O)(=O)Nc1ccc(F)cc1F)OCCO2. The van der Waals surface area contributed by atoms with Gasteiger partial charge in [-0.25, -0.2) is 17.2 Å². The summed E-state index contributed by atoms with van der Waals surface area (Å²) in [6.07, 6.45) is 2.37. The van der Waals surface area contributed by atoms with Gasteiger partial charge in [0.1, 0.15) is 16.9 Å². The Morgan fingerprint density at radius 1 is 1.26 bits per heavy atom. The monoisotopic (exact) mass is 345 g/mol. The van der Waals surface area contributed by atoms with Crippen LogP contribution in [0.2, 0.25) is 0 Å². The summed E-state index contributed by atoms with van der Waals surface area (Å²) in [4.78, 5) is 0. The molecule has 5 nitrogen and oxygen atoms in total. The summed E-state index contributed by atoms with van der Waals surface area (Å²) < 4.78 is 64.9. The highest BCUT2D eigenvalue weighted by molar-refractivity contribution is 7.93. The molecule has 1 heterocycles. The minimum atomic E-state index is -3.86. The third-order valence-corrected chi connectivity index (χ3v) is 5.91. The Bertz CT molecular complexity index is 742. The highest BCUT2D eigenvalue weighted by Crippen LogP contribution is 2.37. The number of nitrogens with one attached hydrogen (secondary N) is 1. The van der Waals surface area contributed by atoms with Gasteiger partial charge in [-0.3, -0.25) is 4.72 Å². The lowest BCUT2D eigenvalue weighted by molar-refractivity contribution is -0.125. The van der Waals surface area contributed by atoms with Crippen molar-refractivity contribution in [2.24, 2.45) is 0 Å². The zero-order chi connectivity index (χ0) is 16.7. The van der Waals surface area contributed by atoms with Gasteiger partial charge in [-0.15, -0.1) is 0 Å². The Labute approximate surface area is 133 Å². The Hall–Kier alpha value is -1.51. The summed E-state index contributed by atoms with van der Waals surface area (Å²) in [5.41, 5.74) is 0.307. The third kappa shape index (κ3) is 3.24. The number of hydrogen-bond acceptors (Lipinski definition) is 4. The molecule has 2 aliphatic rings. The van der Waals surface area contributed by atoms with E-state index in [0.717, 1.165) is 12.1 Å². The van der Waals surface area contributed by atoms with Crippen LogP contribution in [0.5, 0.6) is 0 Å². The average molecular weight is 345 g/mol. The zero-order valence-electron chi connectivity index (χ0n) is 12.5. The van der Waals surface area contributed by atoms with E-state index in [0.29, 0.717) is 37.7 Å². The van der Waals surface area contributed by atoms with E-state index in [1.165, 1.54) is 0 Å². The fourth-order valence-corrected chi connectivity index (χ4v) is 4.57. The van der Waals surface area contributed by atoms with E-state index in [1.807, 2.05) is 0 Å². The molecule has 0 aromatic heterocycles. The standard InChI is InChI=1S/C15H17F2NO4S/c1-10-9-15(21-6-7-22-15)5-4-14(10)23(19,20)18-13-3-2-11(16)8-12(13)17/h2-3,8-9,14,18H,4-7H2,1H3. The van der Waals surface area contributed by atoms with Gasteiger partial charge >= 0.3 is 0 Å². The Morgan fingerprint density at radius 2 is 1.96 bits per heavy atom. The summed E-state index contributed by atoms with van der Waals surface area (Å²) >= 11 is 0. The van der Waals surface area contributed by atoms with Gasteiger partial charge in [-0.05, 0) is 31.6 Å². The summed E-state index contributed by atoms with van der Waals surface area (Å²) in [6, 6.07) is 2.70. The summed E-state index contributed by atoms with van der Waals surface area (Å²) in [6.45, 7) is 2.62. The van der Waals surface area contributed by atoms with Crippen molar-refractivity contribution in [1.82, 2.24) is 0 Å². The molecule has 1 fully saturated rings. The molecular weight excluding hydrogens is 328 g/mol. The first-order valence-corrected chi connectivity index (χ1v) is 8.80. The first kappa shape index (κ1) is 16.4. The van der Waals surface area contributed by atoms with E-state index in [-0.39, 0.29) is 5.69 Å². The molecule has 0 bridgehead atoms. The Kier molecular flexibility index (Phi) is 4.16. The summed E-state index contributed by atoms with van der Waals surface area (Å²) in [7, 11) is -3.86. The number of halogens is 2. The van der Waals surface area contributed by atoms with Gasteiger partial charge in [0, 0.05) is 12.5 Å². The number of benzene rings is 1. The number of ether oxygens (including phenoxy) is 2. The molecule has 1 unspecified atom stereocenters. The molecule has 8 heteroatoms. The second kappa shape index (κ2) is 5.85. The molecule has 0 saturated carbocycles. The van der Waals surface area contributed by atoms with E-state index >= 15 is 0 Å². The minimum Gasteiger partial charge on any atom is -0.344 e. The topological polar surface area (TPSA) is 64.6 Å². The summed E-state index contributed by atoms with van der Waals surface area (Å²) in [5.74, 6) is -2.56. The maximum Gasteiger partial charge on any atom is 0.239 e. The summed E-state index contributed by atoms with van der Waals surface area (Å²) in [5, 5.41) is -0.814. The largest absolute Gasteiger partial charge is 0.344 e. The lowest BCUT2D eigenvalue weighted by Gasteiger charge is -2.33. The normalized spacial score (nSPS) is 23.8. The number of sulfonamides is 1. The van der Waals surface area contributed by atoms with Gasteiger partial charge < -0.3 is 9.47 Å². The van der Waals surface area contributed by atoms with Crippen molar-refractivity contribution in [1.29, 1.82) is 0 Å². The maximum atomic E-state index is 13.7. The first-order valence-electron chi connectivity index (χ1n) is 7.25. The molecule has 1 N–H and O–H groups in total. The maximum absolute atomic E-state index is 13.7. The van der Waals surface area contributed by atoms with Gasteiger partial charge in [0.15, 0.2) is 5.79 Å². The van der Waals surface area contributed by atoms with E-state index in [2.05, 4.69) is 4.72 Å². The van der Waals surface area contributed by atoms with E-state index < -0.39 is 32.7 Å². The molecule has 1 aliphatic carbocycles. The van der Waals surface area contributed by atoms with Gasteiger partial charge in [-0.1, -0.05) is 5.57 Å². The van der Waals surface area contributed by atoms with Crippen LogP contribution in [0, 0.1) is 11.6 Å². The van der Waals surface area contributed by atoms with Crippen molar-refractivity contribution in [3.63, 3.8) is 0 Å². The number of anilines is 1. The highest BCUT2D eigenvalue weighted by atomic mass is 32.2. The lowest BCUT2D eigenvalue weighted by atomic mass is 9.95. The second-order valence-electron chi connectivity index (χ2n) is 5.70. The highest BCUT2D eigenvalue weighted by Gasteiger charge is 2.42. The molecular formula is C15H17F2NO4S. The van der Waals surface area contributed by atoms with Crippen LogP contribution in [0.4, 0.5) is 14.5 Å². The van der Waals surface area contributed by atoms with Crippen LogP contribution in [-0.4, -0.2) is 32.7 Å². The van der Waals surface area contributed by atoms with Crippen LogP contribution in [0.3, 0.4) is 0 Å². The zero-order valence-corrected chi connectivity index (χ0v) is 13.3. The molecule has 23 heavy (non-hydrogen) atoms. The average Bonchev–Trinajstić information content (AvgIpc) is 2.89. The van der Waals surface area contributed by atoms with Crippen molar-refractivity contribution in [2.45, 2.75) is 30.8 Å². The quantitative estimate of drug-likeness (QED) is 0.855. The molecule has 1 aliphatic heterocycles. The van der Waals surface area contributed by atoms with Crippen LogP contribution in [-0.2, 0) is 19.5 Å². The smallest absolute Gasteiger partial charge is 0.239 e. The van der Waals surface area contributed by atoms with Crippen LogP contribution >= 0.6 is 0 Å². The van der Waals surface area contributed by atoms with Gasteiger partial charge in [-0.2, -0.15) is 0 Å². The third-order valence-electron chi connectivity index (χ3n) is 4.04. The van der Waals surface area contributed by atoms with E-state index in [9.17, 15) is 17.2 Å². The van der Waals surface area contributed by atoms with E-state index in [1.54, 1.807) is 13.0 Å². The van der Waals surface area contributed by atoms with Gasteiger partial charge in [0.05, 0.1) is 18.9 Å². The molecule has 0 amide bonds. The van der Waals surface area contributed by atoms with Crippen molar-refractivity contribution < 1.29 is 26.7 Å². The molecule has 1 atom stereocenters. The molecule has 0 radical (unpaired) electrons. The van der Waals surface area contributed by atoms with Crippen molar-refractivity contribution >= 4 is 15.7 Å². The van der Waals surface area contributed by atoms with Crippen LogP contribution < -0.4 is 4.72 Å². The predicted octanol–water partition coefficient (Wildman–Crippen LogP) is 2.56. The van der Waals surface area contributed by atoms with Crippen molar-refractivity contribution in [2.75, 3.05) is 17.9 Å². The Morgan fingerprint density at radius 3 is 2.57 bits per heavy atom. The fourth-order valence-electron chi connectivity index (χ4n) is 2.97. The molecule has 1 aromatic rings. The molecule has 3 rings (SSSR count). The van der Waals surface area contributed by atoms with Gasteiger partial charge in [0.25, 0.3) is 0 Å². The van der Waals surface area contributed by atoms with Crippen LogP contribution in [0.25, 0.3) is 0 Å². The van der Waals surface area contributed by atoms with Crippen LogP contribution in [0.15, 0.2) is 29.8 Å².